The third-order valence-electron chi connectivity index (χ3n) is 8.43. The van der Waals surface area contributed by atoms with Gasteiger partial charge in [-0.05, 0) is 62.7 Å². The van der Waals surface area contributed by atoms with Crippen molar-refractivity contribution in [1.29, 1.82) is 0 Å². The summed E-state index contributed by atoms with van der Waals surface area (Å²) in [4.78, 5) is 0. The molecule has 5 fully saturated rings. The summed E-state index contributed by atoms with van der Waals surface area (Å²) in [6.07, 6.45) is 0.976. The van der Waals surface area contributed by atoms with E-state index in [1.807, 2.05) is 0 Å². The monoisotopic (exact) mass is 417 g/mol. The van der Waals surface area contributed by atoms with Crippen molar-refractivity contribution in [3.8, 4) is 0 Å². The number of nitrogens with one attached hydrogen (secondary N) is 3. The van der Waals surface area contributed by atoms with Gasteiger partial charge in [0.1, 0.15) is 12.3 Å². The van der Waals surface area contributed by atoms with Crippen molar-refractivity contribution in [2.24, 2.45) is 23.7 Å². The van der Waals surface area contributed by atoms with E-state index in [-0.39, 0.29) is 18.3 Å². The molecule has 0 bridgehead atoms. The van der Waals surface area contributed by atoms with Crippen LogP contribution in [-0.4, -0.2) is 60.4 Å². The predicted octanol–water partition coefficient (Wildman–Crippen LogP) is 3.20. The minimum absolute atomic E-state index is 0.0825. The van der Waals surface area contributed by atoms with Gasteiger partial charge in [0.15, 0.2) is 6.17 Å². The maximum Gasteiger partial charge on any atom is 0.164 e. The van der Waals surface area contributed by atoms with Crippen LogP contribution >= 0.6 is 11.8 Å². The Labute approximate surface area is 170 Å². The van der Waals surface area contributed by atoms with E-state index in [9.17, 15) is 13.2 Å². The average molecular weight is 418 g/mol. The third-order valence-corrected chi connectivity index (χ3v) is 9.87. The molecule has 0 aromatic heterocycles. The number of thioether (sulfide) groups is 1. The first-order valence-corrected chi connectivity index (χ1v) is 12.3. The minimum Gasteiger partial charge on any atom is -0.311 e. The van der Waals surface area contributed by atoms with Crippen LogP contribution < -0.4 is 16.0 Å². The largest absolute Gasteiger partial charge is 0.311 e. The highest BCUT2D eigenvalue weighted by Crippen LogP contribution is 2.47. The van der Waals surface area contributed by atoms with E-state index in [0.29, 0.717) is 24.0 Å². The number of hydrogen-bond acceptors (Lipinski definition) is 4. The Morgan fingerprint density at radius 1 is 0.786 bits per heavy atom. The summed E-state index contributed by atoms with van der Waals surface area (Å²) in [5.74, 6) is 1.64. The van der Waals surface area contributed by atoms with Gasteiger partial charge in [-0.1, -0.05) is 6.42 Å². The Morgan fingerprint density at radius 3 is 2.39 bits per heavy atom. The van der Waals surface area contributed by atoms with Crippen LogP contribution in [0.15, 0.2) is 0 Å². The molecule has 3 aliphatic heterocycles. The Hall–Kier alpha value is 0.0200. The highest BCUT2D eigenvalue weighted by atomic mass is 32.2. The van der Waals surface area contributed by atoms with E-state index in [4.69, 9.17) is 0 Å². The highest BCUT2D eigenvalue weighted by molar-refractivity contribution is 8.00. The average Bonchev–Trinajstić information content (AvgIpc) is 3.31. The SMILES string of the molecule is CC1NCC(C2CCCC3NC(C4CNC5C(F)C(F)C(F)CC45)CCC32)S1. The maximum atomic E-state index is 14.3. The molecule has 0 radical (unpaired) electrons. The molecule has 2 aliphatic carbocycles. The van der Waals surface area contributed by atoms with Crippen molar-refractivity contribution in [2.45, 2.75) is 92.7 Å². The van der Waals surface area contributed by atoms with Gasteiger partial charge in [0, 0.05) is 36.5 Å². The summed E-state index contributed by atoms with van der Waals surface area (Å²) in [6.45, 7) is 4.07. The molecule has 3 nitrogen and oxygen atoms in total. The lowest BCUT2D eigenvalue weighted by molar-refractivity contribution is -0.00885. The van der Waals surface area contributed by atoms with E-state index < -0.39 is 24.6 Å². The first kappa shape index (κ1) is 20.0. The molecule has 3 saturated heterocycles. The smallest absolute Gasteiger partial charge is 0.164 e. The van der Waals surface area contributed by atoms with Crippen LogP contribution in [-0.2, 0) is 0 Å². The first-order valence-electron chi connectivity index (χ1n) is 11.3. The number of fused-ring (bicyclic) bond motifs is 2. The van der Waals surface area contributed by atoms with Crippen LogP contribution in [0, 0.1) is 23.7 Å². The van der Waals surface area contributed by atoms with Crippen LogP contribution in [0.5, 0.6) is 0 Å². The van der Waals surface area contributed by atoms with Crippen LogP contribution in [0.25, 0.3) is 0 Å². The molecule has 0 amide bonds. The number of alkyl halides is 3. The summed E-state index contributed by atoms with van der Waals surface area (Å²) in [7, 11) is 0. The van der Waals surface area contributed by atoms with Crippen molar-refractivity contribution in [2.75, 3.05) is 13.1 Å². The van der Waals surface area contributed by atoms with Gasteiger partial charge in [-0.3, -0.25) is 0 Å². The molecule has 12 atom stereocenters. The van der Waals surface area contributed by atoms with E-state index >= 15 is 0 Å². The second-order valence-electron chi connectivity index (χ2n) is 9.84. The standard InChI is InChI=1S/C21H34F3N3S/c1-10-25-9-18(28-10)12-3-2-4-16-11(12)5-6-17(27-16)14-8-26-21-13(14)7-15(22)19(23)20(21)24/h10-21,25-27H,2-9H2,1H3. The van der Waals surface area contributed by atoms with Gasteiger partial charge in [0.2, 0.25) is 0 Å². The van der Waals surface area contributed by atoms with E-state index in [1.54, 1.807) is 0 Å². The molecule has 0 aromatic carbocycles. The van der Waals surface area contributed by atoms with E-state index in [2.05, 4.69) is 34.6 Å². The second kappa shape index (κ2) is 7.93. The molecule has 3 heterocycles. The predicted molar refractivity (Wildman–Crippen MR) is 108 cm³/mol. The van der Waals surface area contributed by atoms with Crippen molar-refractivity contribution < 1.29 is 13.2 Å². The molecule has 2 saturated carbocycles. The lowest BCUT2D eigenvalue weighted by Crippen LogP contribution is -2.57. The van der Waals surface area contributed by atoms with Crippen molar-refractivity contribution in [3.05, 3.63) is 0 Å². The summed E-state index contributed by atoms with van der Waals surface area (Å²) >= 11 is 2.10. The summed E-state index contributed by atoms with van der Waals surface area (Å²) in [5.41, 5.74) is 0. The van der Waals surface area contributed by atoms with E-state index in [0.717, 1.165) is 30.1 Å². The van der Waals surface area contributed by atoms with Crippen LogP contribution in [0.2, 0.25) is 0 Å². The Morgan fingerprint density at radius 2 is 1.61 bits per heavy atom. The van der Waals surface area contributed by atoms with Crippen LogP contribution in [0.1, 0.15) is 45.4 Å². The fourth-order valence-electron chi connectivity index (χ4n) is 7.08. The normalized spacial score (nSPS) is 57.0. The molecule has 7 heteroatoms. The molecule has 28 heavy (non-hydrogen) atoms. The second-order valence-corrected chi connectivity index (χ2v) is 11.4. The first-order chi connectivity index (χ1) is 13.5. The number of rotatable bonds is 2. The Kier molecular flexibility index (Phi) is 5.65. The lowest BCUT2D eigenvalue weighted by atomic mass is 9.66. The van der Waals surface area contributed by atoms with Gasteiger partial charge in [-0.15, -0.1) is 11.8 Å². The molecule has 12 unspecified atom stereocenters. The topological polar surface area (TPSA) is 36.1 Å². The van der Waals surface area contributed by atoms with E-state index in [1.165, 1.54) is 25.7 Å². The van der Waals surface area contributed by atoms with Crippen LogP contribution in [0.4, 0.5) is 13.2 Å². The molecular weight excluding hydrogens is 383 g/mol. The summed E-state index contributed by atoms with van der Waals surface area (Å²) in [6, 6.07) is 0.340. The van der Waals surface area contributed by atoms with Gasteiger partial charge in [-0.25, -0.2) is 13.2 Å². The Bertz CT molecular complexity index is 569. The molecule has 5 rings (SSSR count). The highest BCUT2D eigenvalue weighted by Gasteiger charge is 2.54. The summed E-state index contributed by atoms with van der Waals surface area (Å²) in [5, 5.41) is 12.0. The Balaban J connectivity index is 1.25. The number of piperidine rings is 1. The zero-order chi connectivity index (χ0) is 19.4. The van der Waals surface area contributed by atoms with Gasteiger partial charge >= 0.3 is 0 Å². The molecule has 3 N–H and O–H groups in total. The molecule has 0 spiro atoms. The van der Waals surface area contributed by atoms with Gasteiger partial charge < -0.3 is 16.0 Å². The van der Waals surface area contributed by atoms with Crippen molar-refractivity contribution in [1.82, 2.24) is 16.0 Å². The maximum absolute atomic E-state index is 14.3. The fraction of sp³-hybridized carbons (Fsp3) is 1.00. The third kappa shape index (κ3) is 3.42. The van der Waals surface area contributed by atoms with Crippen LogP contribution in [0.3, 0.4) is 0 Å². The van der Waals surface area contributed by atoms with Gasteiger partial charge in [0.05, 0.1) is 5.37 Å². The van der Waals surface area contributed by atoms with Crippen molar-refractivity contribution >= 4 is 11.8 Å². The summed E-state index contributed by atoms with van der Waals surface area (Å²) < 4.78 is 42.2. The zero-order valence-corrected chi connectivity index (χ0v) is 17.4. The van der Waals surface area contributed by atoms with Crippen molar-refractivity contribution in [3.63, 3.8) is 0 Å². The lowest BCUT2D eigenvalue weighted by Gasteiger charge is -2.48. The van der Waals surface area contributed by atoms with Gasteiger partial charge in [-0.2, -0.15) is 0 Å². The number of hydrogen-bond donors (Lipinski definition) is 3. The molecular formula is C21H34F3N3S. The molecule has 160 valence electrons. The fourth-order valence-corrected chi connectivity index (χ4v) is 8.53. The molecule has 5 aliphatic rings. The quantitative estimate of drug-likeness (QED) is 0.645. The minimum atomic E-state index is -1.96. The number of halogens is 3. The molecule has 0 aromatic rings. The zero-order valence-electron chi connectivity index (χ0n) is 16.6. The van der Waals surface area contributed by atoms with Gasteiger partial charge in [0.25, 0.3) is 0 Å².